The largest absolute Gasteiger partial charge is 0.236 e. The van der Waals surface area contributed by atoms with Gasteiger partial charge in [-0.1, -0.05) is 66.2 Å². The van der Waals surface area contributed by atoms with Crippen LogP contribution >= 0.6 is 11.3 Å². The van der Waals surface area contributed by atoms with Crippen molar-refractivity contribution < 1.29 is 0 Å². The van der Waals surface area contributed by atoms with Crippen LogP contribution < -0.4 is 0 Å². The summed E-state index contributed by atoms with van der Waals surface area (Å²) in [5.74, 6) is 0. The summed E-state index contributed by atoms with van der Waals surface area (Å²) in [6.07, 6.45) is 1.69. The molecule has 0 aliphatic carbocycles. The van der Waals surface area contributed by atoms with Gasteiger partial charge in [-0.15, -0.1) is 11.3 Å². The van der Waals surface area contributed by atoms with Crippen LogP contribution in [0.4, 0.5) is 0 Å². The highest BCUT2D eigenvalue weighted by Gasteiger charge is 2.15. The lowest BCUT2D eigenvalue weighted by atomic mass is 9.99. The molecule has 0 amide bonds. The first-order chi connectivity index (χ1) is 13.8. The van der Waals surface area contributed by atoms with E-state index in [1.165, 1.54) is 37.2 Å². The molecule has 132 valence electrons. The lowest BCUT2D eigenvalue weighted by Crippen LogP contribution is -1.87. The van der Waals surface area contributed by atoms with Gasteiger partial charge in [0.25, 0.3) is 0 Å². The SMILES string of the molecule is Cc1ccc2c(ccc3sc4ncnc(-c5ccc6ccccc6c5)c4c32)c1. The number of aryl methyl sites for hydroxylation is 1. The van der Waals surface area contributed by atoms with Crippen molar-refractivity contribution in [1.29, 1.82) is 0 Å². The normalized spacial score (nSPS) is 11.8. The van der Waals surface area contributed by atoms with Crippen LogP contribution in [0, 0.1) is 6.92 Å². The van der Waals surface area contributed by atoms with E-state index in [0.29, 0.717) is 0 Å². The van der Waals surface area contributed by atoms with Crippen LogP contribution in [0.1, 0.15) is 5.56 Å². The zero-order valence-electron chi connectivity index (χ0n) is 15.3. The number of fused-ring (bicyclic) bond motifs is 6. The molecule has 6 aromatic rings. The van der Waals surface area contributed by atoms with Crippen molar-refractivity contribution in [1.82, 2.24) is 9.97 Å². The average Bonchev–Trinajstić information content (AvgIpc) is 3.12. The number of aromatic nitrogens is 2. The Morgan fingerprint density at radius 3 is 2.50 bits per heavy atom. The first-order valence-corrected chi connectivity index (χ1v) is 10.2. The molecule has 0 aliphatic rings. The van der Waals surface area contributed by atoms with E-state index in [2.05, 4.69) is 84.7 Å². The van der Waals surface area contributed by atoms with Crippen LogP contribution in [0.15, 0.2) is 79.1 Å². The van der Waals surface area contributed by atoms with Crippen molar-refractivity contribution in [3.8, 4) is 11.3 Å². The summed E-state index contributed by atoms with van der Waals surface area (Å²) >= 11 is 1.74. The van der Waals surface area contributed by atoms with Crippen molar-refractivity contribution in [2.75, 3.05) is 0 Å². The number of benzene rings is 4. The maximum atomic E-state index is 4.73. The third kappa shape index (κ3) is 2.26. The fourth-order valence-corrected chi connectivity index (χ4v) is 5.16. The molecule has 0 saturated carbocycles. The molecular weight excluding hydrogens is 360 g/mol. The summed E-state index contributed by atoms with van der Waals surface area (Å²) in [4.78, 5) is 10.4. The number of rotatable bonds is 1. The highest BCUT2D eigenvalue weighted by atomic mass is 32.1. The van der Waals surface area contributed by atoms with Gasteiger partial charge in [-0.05, 0) is 40.6 Å². The second-order valence-corrected chi connectivity index (χ2v) is 8.26. The maximum Gasteiger partial charge on any atom is 0.128 e. The van der Waals surface area contributed by atoms with Gasteiger partial charge in [-0.25, -0.2) is 9.97 Å². The van der Waals surface area contributed by atoms with Gasteiger partial charge in [0.05, 0.1) is 5.69 Å². The molecule has 28 heavy (non-hydrogen) atoms. The Balaban J connectivity index is 1.75. The van der Waals surface area contributed by atoms with Gasteiger partial charge in [0.2, 0.25) is 0 Å². The molecule has 0 radical (unpaired) electrons. The first-order valence-electron chi connectivity index (χ1n) is 9.34. The Morgan fingerprint density at radius 2 is 1.57 bits per heavy atom. The summed E-state index contributed by atoms with van der Waals surface area (Å²) < 4.78 is 1.26. The summed E-state index contributed by atoms with van der Waals surface area (Å²) in [6, 6.07) is 26.1. The van der Waals surface area contributed by atoms with Crippen LogP contribution in [0.25, 0.3) is 53.1 Å². The molecule has 0 spiro atoms. The van der Waals surface area contributed by atoms with Crippen LogP contribution in [0.3, 0.4) is 0 Å². The van der Waals surface area contributed by atoms with Crippen molar-refractivity contribution >= 4 is 53.2 Å². The first kappa shape index (κ1) is 15.7. The fraction of sp³-hybridized carbons (Fsp3) is 0.0400. The summed E-state index contributed by atoms with van der Waals surface area (Å²) in [5, 5.41) is 7.43. The van der Waals surface area contributed by atoms with Crippen molar-refractivity contribution in [2.45, 2.75) is 6.92 Å². The number of hydrogen-bond donors (Lipinski definition) is 0. The molecule has 3 heteroatoms. The molecule has 0 saturated heterocycles. The fourth-order valence-electron chi connectivity index (χ4n) is 4.10. The second kappa shape index (κ2) is 5.85. The Hall–Kier alpha value is -3.30. The summed E-state index contributed by atoms with van der Waals surface area (Å²) in [5.41, 5.74) is 3.42. The molecule has 2 aromatic heterocycles. The van der Waals surface area contributed by atoms with Gasteiger partial charge in [-0.2, -0.15) is 0 Å². The number of thiophene rings is 1. The molecule has 4 aromatic carbocycles. The summed E-state index contributed by atoms with van der Waals surface area (Å²) in [6.45, 7) is 2.14. The molecule has 0 atom stereocenters. The average molecular weight is 376 g/mol. The minimum atomic E-state index is 1.01. The van der Waals surface area contributed by atoms with Gasteiger partial charge in [0.15, 0.2) is 0 Å². The van der Waals surface area contributed by atoms with E-state index in [1.54, 1.807) is 17.7 Å². The standard InChI is InChI=1S/C25H16N2S/c1-15-6-10-20-18(12-15)9-11-21-22(20)23-24(26-14-27-25(23)28-21)19-8-7-16-4-2-3-5-17(16)13-19/h2-14H,1H3. The van der Waals surface area contributed by atoms with Gasteiger partial charge in [-0.3, -0.25) is 0 Å². The van der Waals surface area contributed by atoms with Gasteiger partial charge >= 0.3 is 0 Å². The molecular formula is C25H16N2S. The van der Waals surface area contributed by atoms with E-state index in [-0.39, 0.29) is 0 Å². The smallest absolute Gasteiger partial charge is 0.128 e. The highest BCUT2D eigenvalue weighted by Crippen LogP contribution is 2.41. The Morgan fingerprint density at radius 1 is 0.714 bits per heavy atom. The van der Waals surface area contributed by atoms with Gasteiger partial charge in [0.1, 0.15) is 11.2 Å². The van der Waals surface area contributed by atoms with Crippen molar-refractivity contribution in [3.05, 3.63) is 84.7 Å². The molecule has 0 N–H and O–H groups in total. The zero-order chi connectivity index (χ0) is 18.7. The van der Waals surface area contributed by atoms with Crippen LogP contribution in [0.2, 0.25) is 0 Å². The van der Waals surface area contributed by atoms with E-state index in [1.807, 2.05) is 0 Å². The lowest BCUT2D eigenvalue weighted by Gasteiger charge is -2.07. The number of nitrogens with zero attached hydrogens (tertiary/aromatic N) is 2. The molecule has 0 bridgehead atoms. The monoisotopic (exact) mass is 376 g/mol. The Kier molecular flexibility index (Phi) is 3.28. The quantitative estimate of drug-likeness (QED) is 0.305. The van der Waals surface area contributed by atoms with E-state index in [9.17, 15) is 0 Å². The number of hydrogen-bond acceptors (Lipinski definition) is 3. The van der Waals surface area contributed by atoms with E-state index >= 15 is 0 Å². The third-order valence-electron chi connectivity index (χ3n) is 5.43. The Bertz CT molecular complexity index is 1530. The van der Waals surface area contributed by atoms with Crippen molar-refractivity contribution in [3.63, 3.8) is 0 Å². The minimum Gasteiger partial charge on any atom is -0.236 e. The van der Waals surface area contributed by atoms with Gasteiger partial charge < -0.3 is 0 Å². The molecule has 2 heterocycles. The Labute approximate surface area is 166 Å². The minimum absolute atomic E-state index is 1.01. The van der Waals surface area contributed by atoms with Crippen molar-refractivity contribution in [2.24, 2.45) is 0 Å². The predicted octanol–water partition coefficient (Wildman–Crippen LogP) is 7.13. The van der Waals surface area contributed by atoms with Gasteiger partial charge in [0, 0.05) is 21.0 Å². The highest BCUT2D eigenvalue weighted by molar-refractivity contribution is 7.25. The lowest BCUT2D eigenvalue weighted by molar-refractivity contribution is 1.24. The molecule has 6 rings (SSSR count). The van der Waals surface area contributed by atoms with Crippen LogP contribution in [-0.4, -0.2) is 9.97 Å². The van der Waals surface area contributed by atoms with E-state index in [0.717, 1.165) is 21.5 Å². The predicted molar refractivity (Wildman–Crippen MR) is 120 cm³/mol. The third-order valence-corrected chi connectivity index (χ3v) is 6.49. The van der Waals surface area contributed by atoms with Crippen LogP contribution in [-0.2, 0) is 0 Å². The molecule has 2 nitrogen and oxygen atoms in total. The van der Waals surface area contributed by atoms with Crippen LogP contribution in [0.5, 0.6) is 0 Å². The second-order valence-electron chi connectivity index (χ2n) is 7.23. The van der Waals surface area contributed by atoms with E-state index in [4.69, 9.17) is 4.98 Å². The maximum absolute atomic E-state index is 4.73. The topological polar surface area (TPSA) is 25.8 Å². The van der Waals surface area contributed by atoms with E-state index < -0.39 is 0 Å². The molecule has 0 fully saturated rings. The zero-order valence-corrected chi connectivity index (χ0v) is 16.1. The summed E-state index contributed by atoms with van der Waals surface area (Å²) in [7, 11) is 0. The molecule has 0 aliphatic heterocycles. The molecule has 0 unspecified atom stereocenters.